The number of methoxy groups -OCH3 is 1. The van der Waals surface area contributed by atoms with E-state index in [9.17, 15) is 4.39 Å². The maximum absolute atomic E-state index is 13.9. The molecule has 0 aliphatic carbocycles. The van der Waals surface area contributed by atoms with Crippen molar-refractivity contribution in [3.05, 3.63) is 47.5 Å². The lowest BCUT2D eigenvalue weighted by Crippen LogP contribution is -2.21. The van der Waals surface area contributed by atoms with Crippen LogP contribution in [-0.4, -0.2) is 23.9 Å². The fraction of sp³-hybridized carbons (Fsp3) is 0.400. The first-order valence-corrected chi connectivity index (χ1v) is 6.73. The highest BCUT2D eigenvalue weighted by Gasteiger charge is 2.18. The zero-order valence-electron chi connectivity index (χ0n) is 12.1. The van der Waals surface area contributed by atoms with Gasteiger partial charge in [-0.25, -0.2) is 4.39 Å². The Labute approximate surface area is 118 Å². The van der Waals surface area contributed by atoms with Crippen molar-refractivity contribution < 1.29 is 9.13 Å². The molecule has 0 fully saturated rings. The summed E-state index contributed by atoms with van der Waals surface area (Å²) in [5.41, 5.74) is 1.88. The molecule has 0 aliphatic rings. The monoisotopic (exact) mass is 277 g/mol. The summed E-state index contributed by atoms with van der Waals surface area (Å²) in [5.74, 6) is -0.0996. The summed E-state index contributed by atoms with van der Waals surface area (Å²) in [7, 11) is 3.32. The number of aryl methyl sites for hydroxylation is 1. The van der Waals surface area contributed by atoms with Gasteiger partial charge in [-0.3, -0.25) is 4.68 Å². The average Bonchev–Trinajstić information content (AvgIpc) is 2.89. The molecule has 1 heterocycles. The molecular weight excluding hydrogens is 257 g/mol. The number of benzene rings is 1. The molecule has 1 N–H and O–H groups in total. The van der Waals surface area contributed by atoms with Crippen LogP contribution in [0.5, 0.6) is 5.75 Å². The van der Waals surface area contributed by atoms with Gasteiger partial charge in [0, 0.05) is 12.7 Å². The summed E-state index contributed by atoms with van der Waals surface area (Å²) < 4.78 is 20.8. The van der Waals surface area contributed by atoms with Crippen molar-refractivity contribution >= 4 is 0 Å². The van der Waals surface area contributed by atoms with Crippen LogP contribution in [0.15, 0.2) is 30.5 Å². The SMILES string of the molecule is CCCn1nccc1C(NC)c1ccc(OC)c(F)c1. The van der Waals surface area contributed by atoms with Crippen LogP contribution in [0, 0.1) is 5.82 Å². The molecule has 2 aromatic rings. The van der Waals surface area contributed by atoms with Crippen molar-refractivity contribution in [2.24, 2.45) is 0 Å². The number of ether oxygens (including phenoxy) is 1. The third kappa shape index (κ3) is 2.82. The highest BCUT2D eigenvalue weighted by molar-refractivity contribution is 5.34. The van der Waals surface area contributed by atoms with Crippen LogP contribution in [-0.2, 0) is 6.54 Å². The maximum atomic E-state index is 13.9. The fourth-order valence-electron chi connectivity index (χ4n) is 2.33. The Morgan fingerprint density at radius 3 is 2.80 bits per heavy atom. The molecule has 0 radical (unpaired) electrons. The quantitative estimate of drug-likeness (QED) is 0.882. The van der Waals surface area contributed by atoms with Crippen LogP contribution in [0.3, 0.4) is 0 Å². The number of halogens is 1. The van der Waals surface area contributed by atoms with Gasteiger partial charge in [-0.2, -0.15) is 5.10 Å². The van der Waals surface area contributed by atoms with E-state index in [2.05, 4.69) is 17.3 Å². The molecule has 0 saturated carbocycles. The van der Waals surface area contributed by atoms with E-state index < -0.39 is 0 Å². The van der Waals surface area contributed by atoms with Crippen molar-refractivity contribution in [2.75, 3.05) is 14.2 Å². The number of rotatable bonds is 6. The zero-order chi connectivity index (χ0) is 14.5. The van der Waals surface area contributed by atoms with E-state index in [-0.39, 0.29) is 17.6 Å². The van der Waals surface area contributed by atoms with Gasteiger partial charge in [0.2, 0.25) is 0 Å². The van der Waals surface area contributed by atoms with Crippen molar-refractivity contribution in [3.63, 3.8) is 0 Å². The summed E-state index contributed by atoms with van der Waals surface area (Å²) in [6.45, 7) is 2.95. The molecule has 1 aromatic heterocycles. The van der Waals surface area contributed by atoms with E-state index in [1.54, 1.807) is 12.3 Å². The predicted molar refractivity (Wildman–Crippen MR) is 76.4 cm³/mol. The average molecular weight is 277 g/mol. The lowest BCUT2D eigenvalue weighted by atomic mass is 10.0. The molecule has 2 rings (SSSR count). The molecule has 5 heteroatoms. The van der Waals surface area contributed by atoms with Gasteiger partial charge in [0.05, 0.1) is 18.8 Å². The lowest BCUT2D eigenvalue weighted by molar-refractivity contribution is 0.385. The molecule has 0 amide bonds. The molecule has 108 valence electrons. The largest absolute Gasteiger partial charge is 0.494 e. The van der Waals surface area contributed by atoms with Crippen LogP contribution in [0.25, 0.3) is 0 Å². The zero-order valence-corrected chi connectivity index (χ0v) is 12.1. The van der Waals surface area contributed by atoms with Crippen LogP contribution in [0.2, 0.25) is 0 Å². The summed E-state index contributed by atoms with van der Waals surface area (Å²) in [4.78, 5) is 0. The van der Waals surface area contributed by atoms with Crippen molar-refractivity contribution in [1.29, 1.82) is 0 Å². The summed E-state index contributed by atoms with van der Waals surface area (Å²) in [6.07, 6.45) is 2.78. The summed E-state index contributed by atoms with van der Waals surface area (Å²) >= 11 is 0. The molecule has 1 atom stereocenters. The second kappa shape index (κ2) is 6.52. The van der Waals surface area contributed by atoms with Gasteiger partial charge in [-0.05, 0) is 37.2 Å². The minimum Gasteiger partial charge on any atom is -0.494 e. The van der Waals surface area contributed by atoms with E-state index >= 15 is 0 Å². The van der Waals surface area contributed by atoms with E-state index in [0.29, 0.717) is 0 Å². The molecular formula is C15H20FN3O. The normalized spacial score (nSPS) is 12.4. The summed E-state index contributed by atoms with van der Waals surface area (Å²) in [5, 5.41) is 7.53. The molecule has 0 spiro atoms. The lowest BCUT2D eigenvalue weighted by Gasteiger charge is -2.19. The molecule has 1 aromatic carbocycles. The highest BCUT2D eigenvalue weighted by atomic mass is 19.1. The van der Waals surface area contributed by atoms with Crippen LogP contribution in [0.1, 0.15) is 30.6 Å². The minimum absolute atomic E-state index is 0.0931. The first kappa shape index (κ1) is 14.5. The first-order chi connectivity index (χ1) is 9.71. The number of aromatic nitrogens is 2. The second-order valence-electron chi connectivity index (χ2n) is 4.59. The molecule has 20 heavy (non-hydrogen) atoms. The Balaban J connectivity index is 2.36. The molecule has 0 saturated heterocycles. The van der Waals surface area contributed by atoms with Crippen LogP contribution >= 0.6 is 0 Å². The molecule has 4 nitrogen and oxygen atoms in total. The van der Waals surface area contributed by atoms with Gasteiger partial charge in [0.25, 0.3) is 0 Å². The Hall–Kier alpha value is -1.88. The Bertz CT molecular complexity index is 568. The Kier molecular flexibility index (Phi) is 4.74. The fourth-order valence-corrected chi connectivity index (χ4v) is 2.33. The third-order valence-electron chi connectivity index (χ3n) is 3.28. The smallest absolute Gasteiger partial charge is 0.165 e. The van der Waals surface area contributed by atoms with Crippen molar-refractivity contribution in [3.8, 4) is 5.75 Å². The van der Waals surface area contributed by atoms with Gasteiger partial charge in [-0.1, -0.05) is 13.0 Å². The first-order valence-electron chi connectivity index (χ1n) is 6.73. The predicted octanol–water partition coefficient (Wildman–Crippen LogP) is 2.75. The molecule has 0 aliphatic heterocycles. The number of nitrogens with one attached hydrogen (secondary N) is 1. The van der Waals surface area contributed by atoms with Crippen molar-refractivity contribution in [1.82, 2.24) is 15.1 Å². The van der Waals surface area contributed by atoms with Gasteiger partial charge in [0.15, 0.2) is 11.6 Å². The van der Waals surface area contributed by atoms with E-state index in [4.69, 9.17) is 4.74 Å². The topological polar surface area (TPSA) is 39.1 Å². The highest BCUT2D eigenvalue weighted by Crippen LogP contribution is 2.26. The second-order valence-corrected chi connectivity index (χ2v) is 4.59. The Morgan fingerprint density at radius 2 is 2.20 bits per heavy atom. The third-order valence-corrected chi connectivity index (χ3v) is 3.28. The molecule has 1 unspecified atom stereocenters. The van der Waals surface area contributed by atoms with Gasteiger partial charge in [-0.15, -0.1) is 0 Å². The maximum Gasteiger partial charge on any atom is 0.165 e. The van der Waals surface area contributed by atoms with E-state index in [1.807, 2.05) is 23.9 Å². The number of nitrogens with zero attached hydrogens (tertiary/aromatic N) is 2. The van der Waals surface area contributed by atoms with Crippen molar-refractivity contribution in [2.45, 2.75) is 25.9 Å². The van der Waals surface area contributed by atoms with Crippen LogP contribution in [0.4, 0.5) is 4.39 Å². The summed E-state index contributed by atoms with van der Waals surface area (Å²) in [6, 6.07) is 6.88. The molecule has 0 bridgehead atoms. The van der Waals surface area contributed by atoms with Gasteiger partial charge in [0.1, 0.15) is 0 Å². The number of hydrogen-bond donors (Lipinski definition) is 1. The minimum atomic E-state index is -0.355. The van der Waals surface area contributed by atoms with Crippen LogP contribution < -0.4 is 10.1 Å². The van der Waals surface area contributed by atoms with E-state index in [0.717, 1.165) is 24.2 Å². The van der Waals surface area contributed by atoms with Gasteiger partial charge >= 0.3 is 0 Å². The van der Waals surface area contributed by atoms with E-state index in [1.165, 1.54) is 13.2 Å². The Morgan fingerprint density at radius 1 is 1.40 bits per heavy atom. The number of hydrogen-bond acceptors (Lipinski definition) is 3. The van der Waals surface area contributed by atoms with Gasteiger partial charge < -0.3 is 10.1 Å². The standard InChI is InChI=1S/C15H20FN3O/c1-4-9-19-13(7-8-18-19)15(17-2)11-5-6-14(20-3)12(16)10-11/h5-8,10,15,17H,4,9H2,1-3H3.